The summed E-state index contributed by atoms with van der Waals surface area (Å²) in [6, 6.07) is 16.2. The zero-order valence-electron chi connectivity index (χ0n) is 15.4. The molecule has 6 heteroatoms. The van der Waals surface area contributed by atoms with Gasteiger partial charge in [0.1, 0.15) is 5.76 Å². The number of para-hydroxylation sites is 1. The first kappa shape index (κ1) is 18.4. The van der Waals surface area contributed by atoms with Crippen LogP contribution in [-0.4, -0.2) is 22.8 Å². The van der Waals surface area contributed by atoms with Crippen molar-refractivity contribution >= 4 is 17.5 Å². The maximum atomic E-state index is 12.7. The number of benzene rings is 2. The average molecular weight is 363 g/mol. The molecule has 0 radical (unpaired) electrons. The van der Waals surface area contributed by atoms with E-state index in [-0.39, 0.29) is 17.6 Å². The van der Waals surface area contributed by atoms with Gasteiger partial charge in [0.05, 0.1) is 11.3 Å². The van der Waals surface area contributed by atoms with Crippen LogP contribution in [0, 0.1) is 6.92 Å². The van der Waals surface area contributed by atoms with Crippen molar-refractivity contribution in [1.29, 1.82) is 0 Å². The van der Waals surface area contributed by atoms with Crippen molar-refractivity contribution in [1.82, 2.24) is 10.3 Å². The van der Waals surface area contributed by atoms with Gasteiger partial charge in [-0.15, -0.1) is 0 Å². The van der Waals surface area contributed by atoms with E-state index >= 15 is 0 Å². The molecule has 0 unspecified atom stereocenters. The smallest absolute Gasteiger partial charge is 0.277 e. The Hall–Kier alpha value is -3.41. The lowest BCUT2D eigenvalue weighted by molar-refractivity contribution is 0.0944. The highest BCUT2D eigenvalue weighted by Crippen LogP contribution is 2.23. The molecule has 6 nitrogen and oxygen atoms in total. The predicted octanol–water partition coefficient (Wildman–Crippen LogP) is 4.04. The van der Waals surface area contributed by atoms with Gasteiger partial charge in [0, 0.05) is 11.6 Å². The van der Waals surface area contributed by atoms with Crippen LogP contribution in [0.5, 0.6) is 0 Å². The fraction of sp³-hybridized carbons (Fsp3) is 0.190. The molecule has 2 amide bonds. The van der Waals surface area contributed by atoms with E-state index in [1.54, 1.807) is 31.2 Å². The summed E-state index contributed by atoms with van der Waals surface area (Å²) in [7, 11) is 0. The van der Waals surface area contributed by atoms with Gasteiger partial charge in [-0.3, -0.25) is 9.59 Å². The molecule has 138 valence electrons. The van der Waals surface area contributed by atoms with Crippen LogP contribution in [0.4, 0.5) is 5.69 Å². The van der Waals surface area contributed by atoms with Gasteiger partial charge < -0.3 is 15.1 Å². The molecule has 0 saturated carbocycles. The zero-order valence-corrected chi connectivity index (χ0v) is 15.4. The number of aryl methyl sites for hydroxylation is 1. The van der Waals surface area contributed by atoms with Gasteiger partial charge in [-0.25, -0.2) is 4.98 Å². The summed E-state index contributed by atoms with van der Waals surface area (Å²) in [4.78, 5) is 29.4. The van der Waals surface area contributed by atoms with Crippen molar-refractivity contribution < 1.29 is 14.0 Å². The monoisotopic (exact) mass is 363 g/mol. The number of anilines is 1. The molecule has 2 N–H and O–H groups in total. The molecule has 3 aromatic rings. The van der Waals surface area contributed by atoms with Crippen LogP contribution in [-0.2, 0) is 0 Å². The first-order chi connectivity index (χ1) is 13.0. The molecule has 0 saturated heterocycles. The van der Waals surface area contributed by atoms with Crippen LogP contribution in [0.2, 0.25) is 0 Å². The first-order valence-corrected chi connectivity index (χ1v) is 8.70. The number of aromatic nitrogens is 1. The number of hydrogen-bond donors (Lipinski definition) is 2. The van der Waals surface area contributed by atoms with E-state index < -0.39 is 5.91 Å². The number of hydrogen-bond acceptors (Lipinski definition) is 4. The molecule has 2 aromatic carbocycles. The molecule has 27 heavy (non-hydrogen) atoms. The Labute approximate surface area is 157 Å². The van der Waals surface area contributed by atoms with Crippen molar-refractivity contribution in [2.45, 2.75) is 26.8 Å². The Balaban J connectivity index is 1.85. The van der Waals surface area contributed by atoms with Crippen LogP contribution in [0.3, 0.4) is 0 Å². The summed E-state index contributed by atoms with van der Waals surface area (Å²) in [5, 5.41) is 5.59. The highest BCUT2D eigenvalue weighted by Gasteiger charge is 2.20. The van der Waals surface area contributed by atoms with E-state index in [4.69, 9.17) is 4.42 Å². The van der Waals surface area contributed by atoms with E-state index in [9.17, 15) is 9.59 Å². The first-order valence-electron chi connectivity index (χ1n) is 8.70. The van der Waals surface area contributed by atoms with Crippen molar-refractivity contribution in [2.75, 3.05) is 5.32 Å². The molecule has 0 aliphatic heterocycles. The summed E-state index contributed by atoms with van der Waals surface area (Å²) < 4.78 is 5.64. The van der Waals surface area contributed by atoms with Crippen LogP contribution in [0.15, 0.2) is 59.0 Å². The SMILES string of the molecule is Cc1oc(-c2ccccc2)nc1C(=O)Nc1ccccc1C(=O)NC(C)C. The molecule has 0 aliphatic carbocycles. The maximum absolute atomic E-state index is 12.7. The highest BCUT2D eigenvalue weighted by molar-refractivity contribution is 6.08. The molecular formula is C21H21N3O3. The quantitative estimate of drug-likeness (QED) is 0.716. The molecule has 0 bridgehead atoms. The Morgan fingerprint density at radius 3 is 2.33 bits per heavy atom. The van der Waals surface area contributed by atoms with Crippen molar-refractivity contribution in [2.24, 2.45) is 0 Å². The lowest BCUT2D eigenvalue weighted by Crippen LogP contribution is -2.31. The molecular weight excluding hydrogens is 342 g/mol. The van der Waals surface area contributed by atoms with Gasteiger partial charge in [0.25, 0.3) is 11.8 Å². The largest absolute Gasteiger partial charge is 0.441 e. The summed E-state index contributed by atoms with van der Waals surface area (Å²) in [5.41, 5.74) is 1.79. The molecule has 0 atom stereocenters. The molecule has 3 rings (SSSR count). The lowest BCUT2D eigenvalue weighted by Gasteiger charge is -2.12. The second kappa shape index (κ2) is 7.86. The average Bonchev–Trinajstić information content (AvgIpc) is 3.04. The van der Waals surface area contributed by atoms with Gasteiger partial charge in [-0.2, -0.15) is 0 Å². The third-order valence-corrected chi connectivity index (χ3v) is 3.87. The van der Waals surface area contributed by atoms with Crippen molar-refractivity contribution in [3.05, 3.63) is 71.6 Å². The van der Waals surface area contributed by atoms with Crippen molar-refractivity contribution in [3.63, 3.8) is 0 Å². The molecule has 0 aliphatic rings. The standard InChI is InChI=1S/C21H21N3O3/c1-13(2)22-19(25)16-11-7-8-12-17(16)23-20(26)18-14(3)27-21(24-18)15-9-5-4-6-10-15/h4-13H,1-3H3,(H,22,25)(H,23,26). The normalized spacial score (nSPS) is 10.7. The number of amides is 2. The fourth-order valence-corrected chi connectivity index (χ4v) is 2.62. The Bertz CT molecular complexity index is 962. The highest BCUT2D eigenvalue weighted by atomic mass is 16.4. The second-order valence-electron chi connectivity index (χ2n) is 6.42. The zero-order chi connectivity index (χ0) is 19.4. The summed E-state index contributed by atoms with van der Waals surface area (Å²) in [6.07, 6.45) is 0. The molecule has 1 aromatic heterocycles. The minimum Gasteiger partial charge on any atom is -0.441 e. The van der Waals surface area contributed by atoms with Gasteiger partial charge in [0.2, 0.25) is 5.89 Å². The second-order valence-corrected chi connectivity index (χ2v) is 6.42. The lowest BCUT2D eigenvalue weighted by atomic mass is 10.1. The maximum Gasteiger partial charge on any atom is 0.277 e. The number of carbonyl (C=O) groups excluding carboxylic acids is 2. The Morgan fingerprint density at radius 1 is 0.963 bits per heavy atom. The van der Waals surface area contributed by atoms with Crippen LogP contribution >= 0.6 is 0 Å². The molecule has 0 spiro atoms. The van der Waals surface area contributed by atoms with Gasteiger partial charge in [-0.05, 0) is 45.0 Å². The van der Waals surface area contributed by atoms with E-state index in [0.717, 1.165) is 5.56 Å². The summed E-state index contributed by atoms with van der Waals surface area (Å²) >= 11 is 0. The third kappa shape index (κ3) is 4.23. The predicted molar refractivity (Wildman–Crippen MR) is 104 cm³/mol. The minimum absolute atomic E-state index is 0.00697. The van der Waals surface area contributed by atoms with E-state index in [1.807, 2.05) is 44.2 Å². The number of nitrogens with one attached hydrogen (secondary N) is 2. The van der Waals surface area contributed by atoms with Crippen LogP contribution < -0.4 is 10.6 Å². The van der Waals surface area contributed by atoms with Crippen LogP contribution in [0.25, 0.3) is 11.5 Å². The number of oxazole rings is 1. The summed E-state index contributed by atoms with van der Waals surface area (Å²) in [6.45, 7) is 5.44. The van der Waals surface area contributed by atoms with Crippen molar-refractivity contribution in [3.8, 4) is 11.5 Å². The third-order valence-electron chi connectivity index (χ3n) is 3.87. The number of rotatable bonds is 5. The number of carbonyl (C=O) groups is 2. The Morgan fingerprint density at radius 2 is 1.63 bits per heavy atom. The number of nitrogens with zero attached hydrogens (tertiary/aromatic N) is 1. The van der Waals surface area contributed by atoms with Gasteiger partial charge >= 0.3 is 0 Å². The topological polar surface area (TPSA) is 84.2 Å². The molecule has 1 heterocycles. The van der Waals surface area contributed by atoms with Gasteiger partial charge in [-0.1, -0.05) is 30.3 Å². The van der Waals surface area contributed by atoms with Gasteiger partial charge in [0.15, 0.2) is 5.69 Å². The fourth-order valence-electron chi connectivity index (χ4n) is 2.62. The van der Waals surface area contributed by atoms with Crippen LogP contribution in [0.1, 0.15) is 40.5 Å². The Kier molecular flexibility index (Phi) is 5.35. The van der Waals surface area contributed by atoms with E-state index in [1.165, 1.54) is 0 Å². The molecule has 0 fully saturated rings. The van der Waals surface area contributed by atoms with E-state index in [0.29, 0.717) is 22.9 Å². The minimum atomic E-state index is -0.428. The summed E-state index contributed by atoms with van der Waals surface area (Å²) in [5.74, 6) is 0.116. The van der Waals surface area contributed by atoms with E-state index in [2.05, 4.69) is 15.6 Å².